The summed E-state index contributed by atoms with van der Waals surface area (Å²) in [6.45, 7) is 1.98. The van der Waals surface area contributed by atoms with Gasteiger partial charge in [0.2, 0.25) is 0 Å². The van der Waals surface area contributed by atoms with Gasteiger partial charge in [0.15, 0.2) is 0 Å². The Kier molecular flexibility index (Phi) is 5.32. The number of carbonyl (C=O) groups is 2. The lowest BCUT2D eigenvalue weighted by Gasteiger charge is -2.07. The SMILES string of the molecule is Cc1ccc(-c2nn(-c3ccccc3)cc2C(=O)Nc2ccc(F)c(C(N)=O)c2)cc1. The van der Waals surface area contributed by atoms with Gasteiger partial charge in [0.25, 0.3) is 11.8 Å². The lowest BCUT2D eigenvalue weighted by Crippen LogP contribution is -2.16. The van der Waals surface area contributed by atoms with E-state index in [1.807, 2.05) is 61.5 Å². The molecule has 4 rings (SSSR count). The molecular weight excluding hydrogens is 395 g/mol. The Balaban J connectivity index is 1.75. The van der Waals surface area contributed by atoms with Crippen LogP contribution in [-0.2, 0) is 0 Å². The number of primary amides is 1. The van der Waals surface area contributed by atoms with Crippen molar-refractivity contribution < 1.29 is 14.0 Å². The number of para-hydroxylation sites is 1. The molecule has 4 aromatic rings. The second-order valence-corrected chi connectivity index (χ2v) is 7.05. The molecule has 0 saturated heterocycles. The fraction of sp³-hybridized carbons (Fsp3) is 0.0417. The van der Waals surface area contributed by atoms with Crippen LogP contribution < -0.4 is 11.1 Å². The number of amides is 2. The number of halogens is 1. The molecule has 0 aliphatic heterocycles. The second-order valence-electron chi connectivity index (χ2n) is 7.05. The molecule has 1 heterocycles. The Bertz CT molecular complexity index is 1260. The molecule has 0 spiro atoms. The molecule has 7 heteroatoms. The van der Waals surface area contributed by atoms with Crippen LogP contribution in [0.4, 0.5) is 10.1 Å². The van der Waals surface area contributed by atoms with Crippen molar-refractivity contribution in [1.29, 1.82) is 0 Å². The normalized spacial score (nSPS) is 10.6. The maximum Gasteiger partial charge on any atom is 0.259 e. The molecule has 0 unspecified atom stereocenters. The van der Waals surface area contributed by atoms with Crippen LogP contribution in [0.3, 0.4) is 0 Å². The Morgan fingerprint density at radius 1 is 0.968 bits per heavy atom. The van der Waals surface area contributed by atoms with Gasteiger partial charge in [-0.25, -0.2) is 9.07 Å². The summed E-state index contributed by atoms with van der Waals surface area (Å²) in [5.74, 6) is -2.10. The summed E-state index contributed by atoms with van der Waals surface area (Å²) < 4.78 is 15.4. The fourth-order valence-electron chi connectivity index (χ4n) is 3.17. The van der Waals surface area contributed by atoms with Crippen molar-refractivity contribution in [2.75, 3.05) is 5.32 Å². The molecule has 0 aliphatic carbocycles. The van der Waals surface area contributed by atoms with Gasteiger partial charge in [-0.15, -0.1) is 0 Å². The largest absolute Gasteiger partial charge is 0.366 e. The van der Waals surface area contributed by atoms with E-state index in [0.29, 0.717) is 11.3 Å². The standard InChI is InChI=1S/C24H19FN4O2/c1-15-7-9-16(10-8-15)22-20(14-29(28-22)18-5-3-2-4-6-18)24(31)27-17-11-12-21(25)19(13-17)23(26)30/h2-14H,1H3,(H2,26,30)(H,27,31). The van der Waals surface area contributed by atoms with Crippen LogP contribution in [0.5, 0.6) is 0 Å². The van der Waals surface area contributed by atoms with Gasteiger partial charge in [-0.2, -0.15) is 5.10 Å². The number of nitrogens with two attached hydrogens (primary N) is 1. The smallest absolute Gasteiger partial charge is 0.259 e. The molecule has 154 valence electrons. The van der Waals surface area contributed by atoms with Gasteiger partial charge in [-0.3, -0.25) is 9.59 Å². The number of hydrogen-bond acceptors (Lipinski definition) is 3. The van der Waals surface area contributed by atoms with Crippen LogP contribution in [0.1, 0.15) is 26.3 Å². The zero-order valence-electron chi connectivity index (χ0n) is 16.7. The fourth-order valence-corrected chi connectivity index (χ4v) is 3.17. The zero-order valence-corrected chi connectivity index (χ0v) is 16.7. The number of rotatable bonds is 5. The highest BCUT2D eigenvalue weighted by molar-refractivity contribution is 6.08. The Labute approximate surface area is 178 Å². The predicted molar refractivity (Wildman–Crippen MR) is 117 cm³/mol. The van der Waals surface area contributed by atoms with Gasteiger partial charge >= 0.3 is 0 Å². The Hall–Kier alpha value is -4.26. The third-order valence-corrected chi connectivity index (χ3v) is 4.79. The molecule has 0 bridgehead atoms. The van der Waals surface area contributed by atoms with Gasteiger partial charge < -0.3 is 11.1 Å². The summed E-state index contributed by atoms with van der Waals surface area (Å²) in [4.78, 5) is 24.5. The number of anilines is 1. The summed E-state index contributed by atoms with van der Waals surface area (Å²) in [7, 11) is 0. The number of nitrogens with one attached hydrogen (secondary N) is 1. The zero-order chi connectivity index (χ0) is 22.0. The van der Waals surface area contributed by atoms with Gasteiger partial charge in [-0.1, -0.05) is 48.0 Å². The molecule has 3 aromatic carbocycles. The lowest BCUT2D eigenvalue weighted by molar-refractivity contribution is 0.0992. The highest BCUT2D eigenvalue weighted by Gasteiger charge is 2.20. The molecule has 0 aliphatic rings. The predicted octanol–water partition coefficient (Wildman–Crippen LogP) is 4.34. The van der Waals surface area contributed by atoms with Gasteiger partial charge in [0, 0.05) is 17.4 Å². The van der Waals surface area contributed by atoms with Gasteiger partial charge in [0.1, 0.15) is 11.5 Å². The molecule has 3 N–H and O–H groups in total. The molecule has 0 saturated carbocycles. The summed E-state index contributed by atoms with van der Waals surface area (Å²) in [5, 5.41) is 7.33. The molecule has 6 nitrogen and oxygen atoms in total. The van der Waals surface area contributed by atoms with E-state index in [2.05, 4.69) is 10.4 Å². The molecule has 31 heavy (non-hydrogen) atoms. The van der Waals surface area contributed by atoms with Crippen LogP contribution in [0.15, 0.2) is 79.0 Å². The van der Waals surface area contributed by atoms with E-state index in [0.717, 1.165) is 22.9 Å². The first-order chi connectivity index (χ1) is 14.9. The summed E-state index contributed by atoms with van der Waals surface area (Å²) in [5.41, 5.74) is 8.65. The van der Waals surface area contributed by atoms with Gasteiger partial charge in [0.05, 0.1) is 16.8 Å². The molecule has 0 atom stereocenters. The number of aromatic nitrogens is 2. The van der Waals surface area contributed by atoms with Crippen molar-refractivity contribution in [1.82, 2.24) is 9.78 Å². The van der Waals surface area contributed by atoms with Crippen LogP contribution >= 0.6 is 0 Å². The van der Waals surface area contributed by atoms with E-state index in [1.165, 1.54) is 12.1 Å². The van der Waals surface area contributed by atoms with Gasteiger partial charge in [-0.05, 0) is 37.3 Å². The average molecular weight is 414 g/mol. The van der Waals surface area contributed by atoms with E-state index < -0.39 is 17.6 Å². The van der Waals surface area contributed by atoms with Crippen molar-refractivity contribution >= 4 is 17.5 Å². The summed E-state index contributed by atoms with van der Waals surface area (Å²) in [6, 6.07) is 20.8. The highest BCUT2D eigenvalue weighted by Crippen LogP contribution is 2.25. The first-order valence-corrected chi connectivity index (χ1v) is 9.55. The van der Waals surface area contributed by atoms with Crippen molar-refractivity contribution in [2.45, 2.75) is 6.92 Å². The number of aryl methyl sites for hydroxylation is 1. The van der Waals surface area contributed by atoms with Crippen LogP contribution in [0, 0.1) is 12.7 Å². The van der Waals surface area contributed by atoms with Crippen molar-refractivity contribution in [3.8, 4) is 16.9 Å². The quantitative estimate of drug-likeness (QED) is 0.509. The number of hydrogen-bond donors (Lipinski definition) is 2. The van der Waals surface area contributed by atoms with Crippen molar-refractivity contribution in [2.24, 2.45) is 5.73 Å². The summed E-state index contributed by atoms with van der Waals surface area (Å²) >= 11 is 0. The third kappa shape index (κ3) is 4.20. The second kappa shape index (κ2) is 8.23. The van der Waals surface area contributed by atoms with E-state index in [4.69, 9.17) is 5.73 Å². The van der Waals surface area contributed by atoms with Crippen molar-refractivity contribution in [3.05, 3.63) is 102 Å². The highest BCUT2D eigenvalue weighted by atomic mass is 19.1. The molecular formula is C24H19FN4O2. The van der Waals surface area contributed by atoms with Crippen molar-refractivity contribution in [3.63, 3.8) is 0 Å². The third-order valence-electron chi connectivity index (χ3n) is 4.79. The number of benzene rings is 3. The Morgan fingerprint density at radius 2 is 1.68 bits per heavy atom. The monoisotopic (exact) mass is 414 g/mol. The van der Waals surface area contributed by atoms with E-state index in [9.17, 15) is 14.0 Å². The lowest BCUT2D eigenvalue weighted by atomic mass is 10.1. The van der Waals surface area contributed by atoms with E-state index in [1.54, 1.807) is 10.9 Å². The maximum atomic E-state index is 13.8. The maximum absolute atomic E-state index is 13.8. The first-order valence-electron chi connectivity index (χ1n) is 9.55. The minimum atomic E-state index is -0.911. The van der Waals surface area contributed by atoms with Crippen LogP contribution in [0.25, 0.3) is 16.9 Å². The van der Waals surface area contributed by atoms with E-state index >= 15 is 0 Å². The molecule has 2 amide bonds. The summed E-state index contributed by atoms with van der Waals surface area (Å²) in [6.07, 6.45) is 1.64. The van der Waals surface area contributed by atoms with Crippen LogP contribution in [-0.4, -0.2) is 21.6 Å². The molecule has 0 radical (unpaired) electrons. The topological polar surface area (TPSA) is 90.0 Å². The average Bonchev–Trinajstić information content (AvgIpc) is 3.22. The Morgan fingerprint density at radius 3 is 2.35 bits per heavy atom. The minimum Gasteiger partial charge on any atom is -0.366 e. The minimum absolute atomic E-state index is 0.252. The molecule has 0 fully saturated rings. The molecule has 1 aromatic heterocycles. The van der Waals surface area contributed by atoms with Crippen LogP contribution in [0.2, 0.25) is 0 Å². The van der Waals surface area contributed by atoms with E-state index in [-0.39, 0.29) is 11.3 Å². The number of nitrogens with zero attached hydrogens (tertiary/aromatic N) is 2. The number of carbonyl (C=O) groups excluding carboxylic acids is 2. The first kappa shape index (κ1) is 20.0.